The summed E-state index contributed by atoms with van der Waals surface area (Å²) in [4.78, 5) is 34.5. The number of ether oxygens (including phenoxy) is 1. The van der Waals surface area contributed by atoms with E-state index in [2.05, 4.69) is 0 Å². The molecule has 0 spiro atoms. The number of rotatable bonds is 5. The van der Waals surface area contributed by atoms with Crippen molar-refractivity contribution in [1.82, 2.24) is 0 Å². The third-order valence-electron chi connectivity index (χ3n) is 3.45. The Kier molecular flexibility index (Phi) is 4.93. The average molecular weight is 328 g/mol. The first-order valence-corrected chi connectivity index (χ1v) is 7.15. The van der Waals surface area contributed by atoms with E-state index in [-0.39, 0.29) is 22.7 Å². The van der Waals surface area contributed by atoms with Gasteiger partial charge in [-0.25, -0.2) is 4.79 Å². The summed E-state index contributed by atoms with van der Waals surface area (Å²) in [6.45, 7) is 3.34. The van der Waals surface area contributed by atoms with Gasteiger partial charge < -0.3 is 10.5 Å². The number of hydrogen-bond acceptors (Lipinski definition) is 6. The number of anilines is 1. The fourth-order valence-electron chi connectivity index (χ4n) is 2.06. The standard InChI is InChI=1S/C17H16N2O5/c1-10-3-5-12(6-4-10)16(20)11(2)24-17(21)13-7-8-14(18)15(9-13)19(22)23/h3-9,11H,18H2,1-2H3. The molecule has 0 heterocycles. The topological polar surface area (TPSA) is 113 Å². The summed E-state index contributed by atoms with van der Waals surface area (Å²) in [5.74, 6) is -1.18. The number of nitro groups is 1. The molecule has 0 aromatic heterocycles. The van der Waals surface area contributed by atoms with E-state index >= 15 is 0 Å². The Morgan fingerprint density at radius 3 is 2.29 bits per heavy atom. The van der Waals surface area contributed by atoms with Crippen molar-refractivity contribution in [1.29, 1.82) is 0 Å². The Bertz CT molecular complexity index is 799. The van der Waals surface area contributed by atoms with E-state index in [0.29, 0.717) is 5.56 Å². The van der Waals surface area contributed by atoms with Gasteiger partial charge in [-0.2, -0.15) is 0 Å². The maximum Gasteiger partial charge on any atom is 0.339 e. The van der Waals surface area contributed by atoms with Gasteiger partial charge in [0.05, 0.1) is 10.5 Å². The molecule has 1 unspecified atom stereocenters. The summed E-state index contributed by atoms with van der Waals surface area (Å²) < 4.78 is 5.11. The summed E-state index contributed by atoms with van der Waals surface area (Å²) in [6.07, 6.45) is -1.02. The predicted octanol–water partition coefficient (Wildman–Crippen LogP) is 2.91. The van der Waals surface area contributed by atoms with Crippen molar-refractivity contribution >= 4 is 23.1 Å². The van der Waals surface area contributed by atoms with Gasteiger partial charge in [0.2, 0.25) is 5.78 Å². The van der Waals surface area contributed by atoms with Gasteiger partial charge >= 0.3 is 5.97 Å². The molecular formula is C17H16N2O5. The predicted molar refractivity (Wildman–Crippen MR) is 87.9 cm³/mol. The number of nitrogens with two attached hydrogens (primary N) is 1. The molecular weight excluding hydrogens is 312 g/mol. The van der Waals surface area contributed by atoms with Gasteiger partial charge in [-0.05, 0) is 26.0 Å². The van der Waals surface area contributed by atoms with E-state index in [4.69, 9.17) is 10.5 Å². The molecule has 0 aliphatic heterocycles. The molecule has 1 atom stereocenters. The number of carbonyl (C=O) groups is 2. The van der Waals surface area contributed by atoms with Crippen LogP contribution in [-0.2, 0) is 4.74 Å². The zero-order valence-electron chi connectivity index (χ0n) is 13.2. The Hall–Kier alpha value is -3.22. The molecule has 0 amide bonds. The number of esters is 1. The van der Waals surface area contributed by atoms with Crippen molar-refractivity contribution in [2.45, 2.75) is 20.0 Å². The van der Waals surface area contributed by atoms with E-state index < -0.39 is 17.0 Å². The Morgan fingerprint density at radius 2 is 1.71 bits per heavy atom. The molecule has 124 valence electrons. The second-order valence-electron chi connectivity index (χ2n) is 5.31. The lowest BCUT2D eigenvalue weighted by atomic mass is 10.1. The van der Waals surface area contributed by atoms with Crippen molar-refractivity contribution in [3.05, 3.63) is 69.3 Å². The van der Waals surface area contributed by atoms with Crippen LogP contribution in [-0.4, -0.2) is 22.8 Å². The number of Topliss-reactive ketones (excluding diaryl/α,β-unsaturated/α-hetero) is 1. The smallest absolute Gasteiger partial charge is 0.339 e. The van der Waals surface area contributed by atoms with Crippen molar-refractivity contribution in [2.24, 2.45) is 0 Å². The maximum absolute atomic E-state index is 12.2. The normalized spacial score (nSPS) is 11.6. The third-order valence-corrected chi connectivity index (χ3v) is 3.45. The van der Waals surface area contributed by atoms with Crippen LogP contribution >= 0.6 is 0 Å². The van der Waals surface area contributed by atoms with Gasteiger partial charge in [-0.3, -0.25) is 14.9 Å². The Balaban J connectivity index is 2.14. The number of nitrogens with zero attached hydrogens (tertiary/aromatic N) is 1. The van der Waals surface area contributed by atoms with E-state index in [1.807, 2.05) is 6.92 Å². The summed E-state index contributed by atoms with van der Waals surface area (Å²) in [5.41, 5.74) is 6.42. The summed E-state index contributed by atoms with van der Waals surface area (Å²) in [7, 11) is 0. The van der Waals surface area contributed by atoms with Gasteiger partial charge in [-0.1, -0.05) is 29.8 Å². The number of benzene rings is 2. The van der Waals surface area contributed by atoms with Crippen molar-refractivity contribution in [2.75, 3.05) is 5.73 Å². The van der Waals surface area contributed by atoms with Crippen LogP contribution in [0.4, 0.5) is 11.4 Å². The number of aryl methyl sites for hydroxylation is 1. The molecule has 0 fully saturated rings. The SMILES string of the molecule is Cc1ccc(C(=O)C(C)OC(=O)c2ccc(N)c([N+](=O)[O-])c2)cc1. The first-order chi connectivity index (χ1) is 11.3. The van der Waals surface area contributed by atoms with Crippen LogP contribution in [0.1, 0.15) is 33.2 Å². The zero-order chi connectivity index (χ0) is 17.9. The van der Waals surface area contributed by atoms with E-state index in [1.165, 1.54) is 19.1 Å². The van der Waals surface area contributed by atoms with Crippen LogP contribution in [0.15, 0.2) is 42.5 Å². The second kappa shape index (κ2) is 6.91. The van der Waals surface area contributed by atoms with Crippen molar-refractivity contribution < 1.29 is 19.2 Å². The lowest BCUT2D eigenvalue weighted by Gasteiger charge is -2.12. The number of hydrogen-bond donors (Lipinski definition) is 1. The molecule has 2 N–H and O–H groups in total. The van der Waals surface area contributed by atoms with Crippen LogP contribution < -0.4 is 5.73 Å². The first-order valence-electron chi connectivity index (χ1n) is 7.15. The third kappa shape index (κ3) is 3.75. The number of nitro benzene ring substituents is 1. The van der Waals surface area contributed by atoms with Gasteiger partial charge in [-0.15, -0.1) is 0 Å². The van der Waals surface area contributed by atoms with Crippen LogP contribution in [0.2, 0.25) is 0 Å². The molecule has 0 bridgehead atoms. The molecule has 0 saturated carbocycles. The Morgan fingerprint density at radius 1 is 1.12 bits per heavy atom. The van der Waals surface area contributed by atoms with E-state index in [1.54, 1.807) is 24.3 Å². The minimum absolute atomic E-state index is 0.0422. The summed E-state index contributed by atoms with van der Waals surface area (Å²) in [5, 5.41) is 10.9. The molecule has 7 nitrogen and oxygen atoms in total. The minimum atomic E-state index is -1.02. The van der Waals surface area contributed by atoms with Crippen molar-refractivity contribution in [3.8, 4) is 0 Å². The fourth-order valence-corrected chi connectivity index (χ4v) is 2.06. The lowest BCUT2D eigenvalue weighted by Crippen LogP contribution is -2.24. The van der Waals surface area contributed by atoms with Gasteiger partial charge in [0.15, 0.2) is 6.10 Å². The molecule has 2 aromatic carbocycles. The average Bonchev–Trinajstić information content (AvgIpc) is 2.54. The minimum Gasteiger partial charge on any atom is -0.451 e. The highest BCUT2D eigenvalue weighted by atomic mass is 16.6. The highest BCUT2D eigenvalue weighted by Crippen LogP contribution is 2.23. The number of nitrogen functional groups attached to an aromatic ring is 1. The molecule has 0 saturated heterocycles. The largest absolute Gasteiger partial charge is 0.451 e. The van der Waals surface area contributed by atoms with Crippen LogP contribution in [0.3, 0.4) is 0 Å². The quantitative estimate of drug-likeness (QED) is 0.297. The Labute approximate surface area is 138 Å². The van der Waals surface area contributed by atoms with E-state index in [9.17, 15) is 19.7 Å². The molecule has 24 heavy (non-hydrogen) atoms. The molecule has 0 aliphatic carbocycles. The monoisotopic (exact) mass is 328 g/mol. The molecule has 2 rings (SSSR count). The van der Waals surface area contributed by atoms with Crippen LogP contribution in [0, 0.1) is 17.0 Å². The molecule has 0 aliphatic rings. The maximum atomic E-state index is 12.2. The highest BCUT2D eigenvalue weighted by molar-refractivity contribution is 6.01. The van der Waals surface area contributed by atoms with E-state index in [0.717, 1.165) is 11.6 Å². The van der Waals surface area contributed by atoms with Gasteiger partial charge in [0.1, 0.15) is 5.69 Å². The second-order valence-corrected chi connectivity index (χ2v) is 5.31. The van der Waals surface area contributed by atoms with Gasteiger partial charge in [0, 0.05) is 11.6 Å². The van der Waals surface area contributed by atoms with Crippen LogP contribution in [0.5, 0.6) is 0 Å². The van der Waals surface area contributed by atoms with Gasteiger partial charge in [0.25, 0.3) is 5.69 Å². The van der Waals surface area contributed by atoms with Crippen molar-refractivity contribution in [3.63, 3.8) is 0 Å². The van der Waals surface area contributed by atoms with Crippen LogP contribution in [0.25, 0.3) is 0 Å². The zero-order valence-corrected chi connectivity index (χ0v) is 13.2. The summed E-state index contributed by atoms with van der Waals surface area (Å²) in [6, 6.07) is 10.5. The fraction of sp³-hybridized carbons (Fsp3) is 0.176. The molecule has 0 radical (unpaired) electrons. The molecule has 7 heteroatoms. The molecule has 2 aromatic rings. The lowest BCUT2D eigenvalue weighted by molar-refractivity contribution is -0.383. The first kappa shape index (κ1) is 17.1. The number of carbonyl (C=O) groups excluding carboxylic acids is 2. The number of ketones is 1. The summed E-state index contributed by atoms with van der Waals surface area (Å²) >= 11 is 0. The highest BCUT2D eigenvalue weighted by Gasteiger charge is 2.22.